The van der Waals surface area contributed by atoms with Crippen LogP contribution in [0.5, 0.6) is 0 Å². The Kier molecular flexibility index (Phi) is 6.44. The average Bonchev–Trinajstić information content (AvgIpc) is 2.71. The molecule has 1 fully saturated rings. The minimum Gasteiger partial charge on any atom is -0.399 e. The fourth-order valence-corrected chi connectivity index (χ4v) is 3.29. The van der Waals surface area contributed by atoms with Crippen LogP contribution in [0.15, 0.2) is 59.7 Å². The Morgan fingerprint density at radius 1 is 1.15 bits per heavy atom. The van der Waals surface area contributed by atoms with E-state index in [0.29, 0.717) is 12.1 Å². The number of amides is 1. The number of hydrazone groups is 1. The zero-order valence-electron chi connectivity index (χ0n) is 15.8. The van der Waals surface area contributed by atoms with Crippen LogP contribution >= 0.6 is 0 Å². The van der Waals surface area contributed by atoms with Crippen LogP contribution in [0.3, 0.4) is 0 Å². The molecule has 0 bridgehead atoms. The third-order valence-electron chi connectivity index (χ3n) is 4.95. The van der Waals surface area contributed by atoms with Gasteiger partial charge in [-0.05, 0) is 36.8 Å². The summed E-state index contributed by atoms with van der Waals surface area (Å²) >= 11 is 0. The van der Waals surface area contributed by atoms with Crippen molar-refractivity contribution in [1.29, 1.82) is 0 Å². The molecule has 2 aromatic rings. The van der Waals surface area contributed by atoms with E-state index in [1.807, 2.05) is 37.3 Å². The molecule has 0 radical (unpaired) electrons. The number of carbonyl (C=O) groups is 1. The van der Waals surface area contributed by atoms with Crippen LogP contribution in [-0.2, 0) is 4.79 Å². The summed E-state index contributed by atoms with van der Waals surface area (Å²) in [4.78, 5) is 16.0. The maximum absolute atomic E-state index is 12.1. The van der Waals surface area contributed by atoms with Crippen LogP contribution in [0.2, 0.25) is 0 Å². The van der Waals surface area contributed by atoms with Crippen molar-refractivity contribution in [3.05, 3.63) is 60.2 Å². The number of nitrogens with zero attached hydrogens (tertiary/aromatic N) is 2. The number of anilines is 2. The standard InChI is InChI=1S/C21H27N5O/c1-17(18-6-5-7-19(22)16-18)23-24-21(27)10-11-25-12-14-26(15-13-25)20-8-3-2-4-9-20/h2-9,16H,10-15,22H2,1H3,(H,24,27)/p+1/b23-17-. The van der Waals surface area contributed by atoms with Gasteiger partial charge in [0.15, 0.2) is 0 Å². The van der Waals surface area contributed by atoms with Gasteiger partial charge in [0.1, 0.15) is 0 Å². The highest BCUT2D eigenvalue weighted by Gasteiger charge is 2.20. The topological polar surface area (TPSA) is 75.2 Å². The van der Waals surface area contributed by atoms with Gasteiger partial charge >= 0.3 is 0 Å². The Morgan fingerprint density at radius 2 is 1.89 bits per heavy atom. The maximum Gasteiger partial charge on any atom is 0.245 e. The highest BCUT2D eigenvalue weighted by atomic mass is 16.2. The van der Waals surface area contributed by atoms with E-state index < -0.39 is 0 Å². The van der Waals surface area contributed by atoms with Crippen molar-refractivity contribution in [2.24, 2.45) is 5.10 Å². The number of nitrogen functional groups attached to an aromatic ring is 1. The SMILES string of the molecule is C/C(=N/NC(=O)CC[NH+]1CCN(c2ccccc2)CC1)c1cccc(N)c1. The summed E-state index contributed by atoms with van der Waals surface area (Å²) in [6, 6.07) is 18.0. The lowest BCUT2D eigenvalue weighted by Gasteiger charge is -2.33. The first-order valence-electron chi connectivity index (χ1n) is 9.44. The Bertz CT molecular complexity index is 782. The van der Waals surface area contributed by atoms with E-state index in [-0.39, 0.29) is 5.91 Å². The van der Waals surface area contributed by atoms with Crippen molar-refractivity contribution < 1.29 is 9.69 Å². The Hall–Kier alpha value is -2.86. The number of rotatable bonds is 6. The highest BCUT2D eigenvalue weighted by molar-refractivity contribution is 5.99. The molecule has 0 unspecified atom stereocenters. The number of nitrogens with one attached hydrogen (secondary N) is 2. The van der Waals surface area contributed by atoms with Gasteiger partial charge in [-0.15, -0.1) is 0 Å². The maximum atomic E-state index is 12.1. The van der Waals surface area contributed by atoms with Gasteiger partial charge in [-0.2, -0.15) is 5.10 Å². The number of piperazine rings is 1. The molecule has 6 heteroatoms. The van der Waals surface area contributed by atoms with Crippen molar-refractivity contribution in [2.75, 3.05) is 43.4 Å². The molecule has 1 heterocycles. The normalized spacial score (nSPS) is 15.6. The van der Waals surface area contributed by atoms with Crippen molar-refractivity contribution in [1.82, 2.24) is 5.43 Å². The summed E-state index contributed by atoms with van der Waals surface area (Å²) in [6.07, 6.45) is 0.481. The second kappa shape index (κ2) is 9.19. The van der Waals surface area contributed by atoms with Gasteiger partial charge in [-0.25, -0.2) is 5.43 Å². The van der Waals surface area contributed by atoms with Gasteiger partial charge < -0.3 is 15.5 Å². The number of hydrogen-bond acceptors (Lipinski definition) is 4. The van der Waals surface area contributed by atoms with E-state index in [1.165, 1.54) is 10.6 Å². The summed E-state index contributed by atoms with van der Waals surface area (Å²) in [7, 11) is 0. The van der Waals surface area contributed by atoms with Crippen LogP contribution in [-0.4, -0.2) is 44.3 Å². The first-order valence-corrected chi connectivity index (χ1v) is 9.44. The predicted molar refractivity (Wildman–Crippen MR) is 110 cm³/mol. The second-order valence-electron chi connectivity index (χ2n) is 6.93. The molecule has 0 atom stereocenters. The smallest absolute Gasteiger partial charge is 0.245 e. The molecular weight excluding hydrogens is 338 g/mol. The number of carbonyl (C=O) groups excluding carboxylic acids is 1. The molecule has 1 saturated heterocycles. The zero-order valence-corrected chi connectivity index (χ0v) is 15.8. The lowest BCUT2D eigenvalue weighted by Crippen LogP contribution is -3.15. The summed E-state index contributed by atoms with van der Waals surface area (Å²) in [6.45, 7) is 6.84. The second-order valence-corrected chi connectivity index (χ2v) is 6.93. The lowest BCUT2D eigenvalue weighted by atomic mass is 10.1. The molecule has 1 aliphatic rings. The quantitative estimate of drug-likeness (QED) is 0.404. The molecule has 0 aliphatic carbocycles. The molecule has 142 valence electrons. The van der Waals surface area contributed by atoms with Crippen LogP contribution < -0.4 is 21.0 Å². The Morgan fingerprint density at radius 3 is 2.59 bits per heavy atom. The van der Waals surface area contributed by atoms with Crippen LogP contribution in [0, 0.1) is 0 Å². The van der Waals surface area contributed by atoms with Crippen molar-refractivity contribution in [3.63, 3.8) is 0 Å². The van der Waals surface area contributed by atoms with Gasteiger partial charge in [0.05, 0.1) is 44.9 Å². The lowest BCUT2D eigenvalue weighted by molar-refractivity contribution is -0.900. The van der Waals surface area contributed by atoms with Gasteiger partial charge in [0.2, 0.25) is 5.91 Å². The molecule has 1 amide bonds. The number of nitrogens with two attached hydrogens (primary N) is 1. The summed E-state index contributed by atoms with van der Waals surface area (Å²) < 4.78 is 0. The molecule has 1 aliphatic heterocycles. The first-order chi connectivity index (χ1) is 13.1. The molecule has 2 aromatic carbocycles. The molecule has 3 rings (SSSR count). The summed E-state index contributed by atoms with van der Waals surface area (Å²) in [5.41, 5.74) is 12.1. The predicted octanol–water partition coefficient (Wildman–Crippen LogP) is 0.904. The minimum absolute atomic E-state index is 0.0451. The van der Waals surface area contributed by atoms with Gasteiger partial charge in [-0.3, -0.25) is 4.79 Å². The van der Waals surface area contributed by atoms with E-state index >= 15 is 0 Å². The molecule has 27 heavy (non-hydrogen) atoms. The fourth-order valence-electron chi connectivity index (χ4n) is 3.29. The first kappa shape index (κ1) is 18.9. The van der Waals surface area contributed by atoms with E-state index in [9.17, 15) is 4.79 Å². The average molecular weight is 366 g/mol. The highest BCUT2D eigenvalue weighted by Crippen LogP contribution is 2.12. The zero-order chi connectivity index (χ0) is 19.1. The molecule has 4 N–H and O–H groups in total. The molecule has 0 aromatic heterocycles. The summed E-state index contributed by atoms with van der Waals surface area (Å²) in [5, 5.41) is 4.19. The van der Waals surface area contributed by atoms with E-state index in [2.05, 4.69) is 39.7 Å². The molecule has 0 spiro atoms. The van der Waals surface area contributed by atoms with Gasteiger partial charge in [0, 0.05) is 11.4 Å². The third-order valence-corrected chi connectivity index (χ3v) is 4.95. The van der Waals surface area contributed by atoms with Crippen LogP contribution in [0.1, 0.15) is 18.9 Å². The van der Waals surface area contributed by atoms with E-state index in [0.717, 1.165) is 44.0 Å². The Labute approximate surface area is 160 Å². The number of hydrogen-bond donors (Lipinski definition) is 3. The van der Waals surface area contributed by atoms with E-state index in [1.54, 1.807) is 0 Å². The summed E-state index contributed by atoms with van der Waals surface area (Å²) in [5.74, 6) is -0.0451. The van der Waals surface area contributed by atoms with Gasteiger partial charge in [-0.1, -0.05) is 30.3 Å². The number of benzene rings is 2. The molecule has 6 nitrogen and oxygen atoms in total. The monoisotopic (exact) mass is 366 g/mol. The largest absolute Gasteiger partial charge is 0.399 e. The van der Waals surface area contributed by atoms with Crippen molar-refractivity contribution >= 4 is 23.0 Å². The molecular formula is C21H28N5O+. The van der Waals surface area contributed by atoms with Crippen LogP contribution in [0.4, 0.5) is 11.4 Å². The Balaban J connectivity index is 1.40. The third kappa shape index (κ3) is 5.56. The number of para-hydroxylation sites is 1. The van der Waals surface area contributed by atoms with Crippen molar-refractivity contribution in [3.8, 4) is 0 Å². The van der Waals surface area contributed by atoms with E-state index in [4.69, 9.17) is 5.73 Å². The molecule has 0 saturated carbocycles. The fraction of sp³-hybridized carbons (Fsp3) is 0.333. The van der Waals surface area contributed by atoms with Crippen LogP contribution in [0.25, 0.3) is 0 Å². The number of quaternary nitrogens is 1. The van der Waals surface area contributed by atoms with Crippen molar-refractivity contribution in [2.45, 2.75) is 13.3 Å². The minimum atomic E-state index is -0.0451. The van der Waals surface area contributed by atoms with Gasteiger partial charge in [0.25, 0.3) is 0 Å².